The molecule has 0 radical (unpaired) electrons. The van der Waals surface area contributed by atoms with Crippen LogP contribution < -0.4 is 15.4 Å². The van der Waals surface area contributed by atoms with Crippen LogP contribution in [0, 0.1) is 13.8 Å². The molecule has 4 aromatic rings. The van der Waals surface area contributed by atoms with Crippen molar-refractivity contribution >= 4 is 17.3 Å². The topological polar surface area (TPSA) is 98.5 Å². The van der Waals surface area contributed by atoms with Crippen LogP contribution >= 0.6 is 0 Å². The summed E-state index contributed by atoms with van der Waals surface area (Å²) in [6.07, 6.45) is 9.37. The van der Waals surface area contributed by atoms with Gasteiger partial charge in [0.05, 0.1) is 24.9 Å². The fraction of sp³-hybridized carbons (Fsp3) is 0.360. The summed E-state index contributed by atoms with van der Waals surface area (Å²) in [7, 11) is 0. The standard InChI is InChI=1S/C25H27N7O2/c1-15-10-27-25(28-11-15)30-24-9-20-6-17(3-4-32(20)31-24)22-5-16(2)26-12-23(22)34-21-7-18-13-33-14-19(8-21)29-18/h3-6,9-12,18-19,21,29H,7-8,13-14H2,1-2H3,(H,27,28,30,31)/t18-,19+,21-. The summed E-state index contributed by atoms with van der Waals surface area (Å²) in [5.74, 6) is 2.02. The predicted octanol–water partition coefficient (Wildman–Crippen LogP) is 3.44. The van der Waals surface area contributed by atoms with Crippen LogP contribution in [0.2, 0.25) is 0 Å². The molecule has 2 aliphatic rings. The van der Waals surface area contributed by atoms with E-state index in [0.29, 0.717) is 23.8 Å². The number of aryl methyl sites for hydroxylation is 2. The van der Waals surface area contributed by atoms with Crippen molar-refractivity contribution in [3.05, 3.63) is 60.3 Å². The number of piperidine rings is 1. The highest BCUT2D eigenvalue weighted by atomic mass is 16.5. The molecule has 3 atom stereocenters. The van der Waals surface area contributed by atoms with Crippen LogP contribution in [-0.2, 0) is 4.74 Å². The van der Waals surface area contributed by atoms with E-state index in [0.717, 1.165) is 59.7 Å². The Labute approximate surface area is 197 Å². The number of nitrogens with one attached hydrogen (secondary N) is 2. The highest BCUT2D eigenvalue weighted by Gasteiger charge is 2.33. The molecule has 2 N–H and O–H groups in total. The smallest absolute Gasteiger partial charge is 0.228 e. The summed E-state index contributed by atoms with van der Waals surface area (Å²) in [5, 5.41) is 11.4. The Hall–Kier alpha value is -3.56. The van der Waals surface area contributed by atoms with Crippen molar-refractivity contribution in [2.45, 2.75) is 44.9 Å². The Morgan fingerprint density at radius 3 is 2.62 bits per heavy atom. The lowest BCUT2D eigenvalue weighted by Crippen LogP contribution is -2.56. The van der Waals surface area contributed by atoms with Crippen molar-refractivity contribution in [3.63, 3.8) is 0 Å². The summed E-state index contributed by atoms with van der Waals surface area (Å²) in [6.45, 7) is 5.45. The van der Waals surface area contributed by atoms with Gasteiger partial charge < -0.3 is 20.1 Å². The summed E-state index contributed by atoms with van der Waals surface area (Å²) in [6, 6.07) is 8.94. The molecule has 6 rings (SSSR count). The Morgan fingerprint density at radius 1 is 1.03 bits per heavy atom. The SMILES string of the molecule is Cc1cnc(Nc2cc3cc(-c4cc(C)ncc4O[C@H]4C[C@H]5COC[C@@H](C4)N5)ccn3n2)nc1. The molecule has 2 fully saturated rings. The van der Waals surface area contributed by atoms with Gasteiger partial charge in [0.25, 0.3) is 0 Å². The number of morpholine rings is 1. The number of anilines is 2. The van der Waals surface area contributed by atoms with Crippen LogP contribution in [0.1, 0.15) is 24.1 Å². The van der Waals surface area contributed by atoms with E-state index in [1.54, 1.807) is 12.4 Å². The first-order chi connectivity index (χ1) is 16.6. The lowest BCUT2D eigenvalue weighted by atomic mass is 9.94. The monoisotopic (exact) mass is 457 g/mol. The number of fused-ring (bicyclic) bond motifs is 3. The van der Waals surface area contributed by atoms with Gasteiger partial charge in [0.15, 0.2) is 5.82 Å². The van der Waals surface area contributed by atoms with E-state index in [4.69, 9.17) is 9.47 Å². The van der Waals surface area contributed by atoms with Gasteiger partial charge in [-0.05, 0) is 43.2 Å². The summed E-state index contributed by atoms with van der Waals surface area (Å²) in [5.41, 5.74) is 5.01. The van der Waals surface area contributed by atoms with Gasteiger partial charge in [-0.1, -0.05) is 0 Å². The van der Waals surface area contributed by atoms with Crippen LogP contribution in [0.15, 0.2) is 49.1 Å². The number of pyridine rings is 2. The van der Waals surface area contributed by atoms with Crippen LogP contribution in [0.4, 0.5) is 11.8 Å². The molecule has 4 aromatic heterocycles. The highest BCUT2D eigenvalue weighted by Crippen LogP contribution is 2.34. The Morgan fingerprint density at radius 2 is 1.82 bits per heavy atom. The second-order valence-corrected chi connectivity index (χ2v) is 9.15. The minimum absolute atomic E-state index is 0.146. The van der Waals surface area contributed by atoms with E-state index >= 15 is 0 Å². The minimum Gasteiger partial charge on any atom is -0.488 e. The second kappa shape index (κ2) is 8.66. The molecule has 0 aliphatic carbocycles. The average molecular weight is 458 g/mol. The lowest BCUT2D eigenvalue weighted by molar-refractivity contribution is -0.0122. The quantitative estimate of drug-likeness (QED) is 0.470. The summed E-state index contributed by atoms with van der Waals surface area (Å²) < 4.78 is 14.0. The molecule has 2 bridgehead atoms. The van der Waals surface area contributed by atoms with E-state index < -0.39 is 0 Å². The molecule has 34 heavy (non-hydrogen) atoms. The molecule has 0 unspecified atom stereocenters. The van der Waals surface area contributed by atoms with Crippen molar-refractivity contribution in [2.75, 3.05) is 18.5 Å². The predicted molar refractivity (Wildman–Crippen MR) is 128 cm³/mol. The lowest BCUT2D eigenvalue weighted by Gasteiger charge is -2.40. The van der Waals surface area contributed by atoms with E-state index in [1.165, 1.54) is 0 Å². The van der Waals surface area contributed by atoms with Crippen molar-refractivity contribution in [1.29, 1.82) is 0 Å². The van der Waals surface area contributed by atoms with Crippen LogP contribution in [-0.4, -0.2) is 56.0 Å². The fourth-order valence-electron chi connectivity index (χ4n) is 4.72. The Balaban J connectivity index is 1.27. The third-order valence-corrected chi connectivity index (χ3v) is 6.30. The molecule has 2 saturated heterocycles. The van der Waals surface area contributed by atoms with Gasteiger partial charge in [0.1, 0.15) is 11.9 Å². The van der Waals surface area contributed by atoms with Crippen LogP contribution in [0.5, 0.6) is 5.75 Å². The number of nitrogens with zero attached hydrogens (tertiary/aromatic N) is 5. The second-order valence-electron chi connectivity index (χ2n) is 9.15. The number of hydrogen-bond donors (Lipinski definition) is 2. The fourth-order valence-corrected chi connectivity index (χ4v) is 4.72. The first-order valence-corrected chi connectivity index (χ1v) is 11.6. The maximum atomic E-state index is 6.53. The summed E-state index contributed by atoms with van der Waals surface area (Å²) in [4.78, 5) is 13.1. The van der Waals surface area contributed by atoms with Gasteiger partial charge >= 0.3 is 0 Å². The third-order valence-electron chi connectivity index (χ3n) is 6.30. The molecule has 2 aliphatic heterocycles. The molecule has 9 heteroatoms. The zero-order valence-corrected chi connectivity index (χ0v) is 19.2. The van der Waals surface area contributed by atoms with Crippen LogP contribution in [0.25, 0.3) is 16.6 Å². The zero-order valence-electron chi connectivity index (χ0n) is 19.2. The maximum Gasteiger partial charge on any atom is 0.228 e. The summed E-state index contributed by atoms with van der Waals surface area (Å²) >= 11 is 0. The van der Waals surface area contributed by atoms with Crippen molar-refractivity contribution in [2.24, 2.45) is 0 Å². The van der Waals surface area contributed by atoms with E-state index in [2.05, 4.69) is 48.9 Å². The first kappa shape index (κ1) is 21.0. The van der Waals surface area contributed by atoms with Gasteiger partial charge in [-0.2, -0.15) is 5.10 Å². The number of aromatic nitrogens is 5. The van der Waals surface area contributed by atoms with Gasteiger partial charge in [0.2, 0.25) is 5.95 Å². The highest BCUT2D eigenvalue weighted by molar-refractivity contribution is 5.75. The first-order valence-electron chi connectivity index (χ1n) is 11.6. The van der Waals surface area contributed by atoms with Crippen LogP contribution in [0.3, 0.4) is 0 Å². The molecular weight excluding hydrogens is 430 g/mol. The van der Waals surface area contributed by atoms with Crippen molar-refractivity contribution < 1.29 is 9.47 Å². The minimum atomic E-state index is 0.146. The third kappa shape index (κ3) is 4.32. The molecule has 0 spiro atoms. The maximum absolute atomic E-state index is 6.53. The molecule has 6 heterocycles. The Kier molecular flexibility index (Phi) is 5.35. The molecule has 0 amide bonds. The Bertz CT molecular complexity index is 1310. The van der Waals surface area contributed by atoms with Crippen molar-refractivity contribution in [1.82, 2.24) is 29.9 Å². The zero-order chi connectivity index (χ0) is 23.1. The van der Waals surface area contributed by atoms with Gasteiger partial charge in [0, 0.05) is 60.8 Å². The van der Waals surface area contributed by atoms with Gasteiger partial charge in [-0.3, -0.25) is 4.98 Å². The molecule has 0 saturated carbocycles. The van der Waals surface area contributed by atoms with Crippen molar-refractivity contribution in [3.8, 4) is 16.9 Å². The largest absolute Gasteiger partial charge is 0.488 e. The number of ether oxygens (including phenoxy) is 2. The molecule has 174 valence electrons. The molecule has 9 nitrogen and oxygen atoms in total. The van der Waals surface area contributed by atoms with E-state index in [1.807, 2.05) is 36.8 Å². The number of hydrogen-bond acceptors (Lipinski definition) is 8. The van der Waals surface area contributed by atoms with E-state index in [-0.39, 0.29) is 6.10 Å². The number of rotatable bonds is 5. The normalized spacial score (nSPS) is 22.0. The average Bonchev–Trinajstić information content (AvgIpc) is 3.23. The van der Waals surface area contributed by atoms with Gasteiger partial charge in [-0.25, -0.2) is 14.5 Å². The van der Waals surface area contributed by atoms with E-state index in [9.17, 15) is 0 Å². The molecule has 0 aromatic carbocycles. The molecular formula is C25H27N7O2. The van der Waals surface area contributed by atoms with Gasteiger partial charge in [-0.15, -0.1) is 0 Å².